The highest BCUT2D eigenvalue weighted by Gasteiger charge is 2.14. The van der Waals surface area contributed by atoms with E-state index < -0.39 is 0 Å². The first kappa shape index (κ1) is 22.2. The first-order chi connectivity index (χ1) is 15.8. The Bertz CT molecular complexity index is 1030. The third kappa shape index (κ3) is 6.28. The van der Waals surface area contributed by atoms with E-state index in [9.17, 15) is 0 Å². The summed E-state index contributed by atoms with van der Waals surface area (Å²) < 4.78 is 11.5. The van der Waals surface area contributed by atoms with Crippen LogP contribution in [0.4, 0.5) is 0 Å². The average molecular weight is 433 g/mol. The number of ether oxygens (including phenoxy) is 2. The molecular weight excluding hydrogens is 400 g/mol. The van der Waals surface area contributed by atoms with Crippen molar-refractivity contribution < 1.29 is 9.47 Å². The molecule has 0 radical (unpaired) electrons. The Morgan fingerprint density at radius 2 is 1.91 bits per heavy atom. The summed E-state index contributed by atoms with van der Waals surface area (Å²) in [5.41, 5.74) is 4.57. The summed E-state index contributed by atoms with van der Waals surface area (Å²) >= 11 is 0. The van der Waals surface area contributed by atoms with Gasteiger partial charge in [0.1, 0.15) is 0 Å². The van der Waals surface area contributed by atoms with Gasteiger partial charge >= 0.3 is 0 Å². The zero-order chi connectivity index (χ0) is 22.0. The maximum atomic E-state index is 6.07. The predicted octanol–water partition coefficient (Wildman–Crippen LogP) is 4.19. The normalized spacial score (nSPS) is 15.1. The molecular formula is C26H32N4O2. The van der Waals surface area contributed by atoms with Gasteiger partial charge in [-0.15, -0.1) is 0 Å². The number of fused-ring (bicyclic) bond motifs is 1. The van der Waals surface area contributed by atoms with E-state index in [1.165, 1.54) is 16.7 Å². The number of hydrogen-bond acceptors (Lipinski definition) is 4. The van der Waals surface area contributed by atoms with Gasteiger partial charge in [0.15, 0.2) is 5.96 Å². The van der Waals surface area contributed by atoms with Crippen molar-refractivity contribution in [2.75, 3.05) is 19.8 Å². The van der Waals surface area contributed by atoms with E-state index in [0.29, 0.717) is 25.8 Å². The fraction of sp³-hybridized carbons (Fsp3) is 0.385. The Morgan fingerprint density at radius 1 is 1.06 bits per heavy atom. The number of guanidine groups is 1. The molecule has 1 aromatic heterocycles. The molecule has 2 heterocycles. The molecule has 2 aromatic carbocycles. The molecule has 0 amide bonds. The Morgan fingerprint density at radius 3 is 2.78 bits per heavy atom. The largest absolute Gasteiger partial charge is 0.381 e. The topological polar surface area (TPSA) is 67.8 Å². The van der Waals surface area contributed by atoms with Crippen LogP contribution in [-0.4, -0.2) is 36.8 Å². The SMILES string of the molecule is CCNC(=NCc1cccc(COC2CCOCC2)c1)NCc1ccnc2ccccc12. The van der Waals surface area contributed by atoms with Crippen LogP contribution in [0.2, 0.25) is 0 Å². The molecule has 4 rings (SSSR count). The van der Waals surface area contributed by atoms with Crippen LogP contribution in [0.5, 0.6) is 0 Å². The molecule has 0 atom stereocenters. The predicted molar refractivity (Wildman–Crippen MR) is 128 cm³/mol. The lowest BCUT2D eigenvalue weighted by atomic mass is 10.1. The van der Waals surface area contributed by atoms with E-state index in [1.807, 2.05) is 24.4 Å². The van der Waals surface area contributed by atoms with Gasteiger partial charge in [0.2, 0.25) is 0 Å². The molecule has 0 aliphatic carbocycles. The Hall–Kier alpha value is -2.96. The molecule has 1 fully saturated rings. The monoisotopic (exact) mass is 432 g/mol. The highest BCUT2D eigenvalue weighted by Crippen LogP contribution is 2.16. The third-order valence-electron chi connectivity index (χ3n) is 5.60. The molecule has 0 bridgehead atoms. The lowest BCUT2D eigenvalue weighted by Gasteiger charge is -2.22. The molecule has 1 saturated heterocycles. The number of aliphatic imine (C=N–C) groups is 1. The van der Waals surface area contributed by atoms with E-state index in [2.05, 4.69) is 58.9 Å². The molecule has 0 spiro atoms. The summed E-state index contributed by atoms with van der Waals surface area (Å²) in [5, 5.41) is 7.96. The molecule has 1 aliphatic heterocycles. The average Bonchev–Trinajstić information content (AvgIpc) is 2.85. The van der Waals surface area contributed by atoms with Crippen LogP contribution in [0.1, 0.15) is 36.5 Å². The van der Waals surface area contributed by atoms with Gasteiger partial charge in [-0.05, 0) is 48.6 Å². The number of nitrogens with zero attached hydrogens (tertiary/aromatic N) is 2. The van der Waals surface area contributed by atoms with Crippen LogP contribution in [0.15, 0.2) is 65.8 Å². The Labute approximate surface area is 190 Å². The van der Waals surface area contributed by atoms with Crippen molar-refractivity contribution in [2.24, 2.45) is 4.99 Å². The van der Waals surface area contributed by atoms with Gasteiger partial charge in [0.25, 0.3) is 0 Å². The second-order valence-electron chi connectivity index (χ2n) is 7.98. The third-order valence-corrected chi connectivity index (χ3v) is 5.60. The van der Waals surface area contributed by atoms with Crippen LogP contribution >= 0.6 is 0 Å². The van der Waals surface area contributed by atoms with Gasteiger partial charge in [-0.3, -0.25) is 4.98 Å². The maximum absolute atomic E-state index is 6.07. The van der Waals surface area contributed by atoms with Gasteiger partial charge in [-0.25, -0.2) is 4.99 Å². The first-order valence-electron chi connectivity index (χ1n) is 11.4. The van der Waals surface area contributed by atoms with Crippen LogP contribution in [0.25, 0.3) is 10.9 Å². The molecule has 0 saturated carbocycles. The number of hydrogen-bond donors (Lipinski definition) is 2. The van der Waals surface area contributed by atoms with Crippen molar-refractivity contribution in [3.05, 3.63) is 77.5 Å². The van der Waals surface area contributed by atoms with Crippen LogP contribution in [0, 0.1) is 0 Å². The van der Waals surface area contributed by atoms with E-state index in [0.717, 1.165) is 49.5 Å². The van der Waals surface area contributed by atoms with Crippen molar-refractivity contribution in [1.29, 1.82) is 0 Å². The molecule has 32 heavy (non-hydrogen) atoms. The second-order valence-corrected chi connectivity index (χ2v) is 7.98. The fourth-order valence-corrected chi connectivity index (χ4v) is 3.87. The summed E-state index contributed by atoms with van der Waals surface area (Å²) in [5.74, 6) is 0.803. The number of pyridine rings is 1. The van der Waals surface area contributed by atoms with Crippen molar-refractivity contribution >= 4 is 16.9 Å². The minimum atomic E-state index is 0.305. The van der Waals surface area contributed by atoms with Crippen molar-refractivity contribution in [1.82, 2.24) is 15.6 Å². The van der Waals surface area contributed by atoms with Gasteiger partial charge in [-0.1, -0.05) is 42.5 Å². The minimum absolute atomic E-state index is 0.305. The Balaban J connectivity index is 1.36. The number of para-hydroxylation sites is 1. The van der Waals surface area contributed by atoms with Gasteiger partial charge < -0.3 is 20.1 Å². The molecule has 6 heteroatoms. The highest BCUT2D eigenvalue weighted by atomic mass is 16.5. The molecule has 168 valence electrons. The smallest absolute Gasteiger partial charge is 0.191 e. The van der Waals surface area contributed by atoms with E-state index in [-0.39, 0.29) is 0 Å². The molecule has 1 aliphatic rings. The standard InChI is InChI=1S/C26H32N4O2/c1-2-27-26(30-18-22-10-13-28-25-9-4-3-8-24(22)25)29-17-20-6-5-7-21(16-20)19-32-23-11-14-31-15-12-23/h3-10,13,16,23H,2,11-12,14-15,17-19H2,1H3,(H2,27,29,30). The fourth-order valence-electron chi connectivity index (χ4n) is 3.87. The van der Waals surface area contributed by atoms with Crippen molar-refractivity contribution in [3.8, 4) is 0 Å². The zero-order valence-corrected chi connectivity index (χ0v) is 18.7. The van der Waals surface area contributed by atoms with Crippen molar-refractivity contribution in [2.45, 2.75) is 45.6 Å². The summed E-state index contributed by atoms with van der Waals surface area (Å²) in [6.45, 7) is 6.42. The lowest BCUT2D eigenvalue weighted by molar-refractivity contribution is -0.0390. The van der Waals surface area contributed by atoms with Crippen molar-refractivity contribution in [3.63, 3.8) is 0 Å². The molecule has 3 aromatic rings. The molecule has 2 N–H and O–H groups in total. The van der Waals surface area contributed by atoms with Gasteiger partial charge in [-0.2, -0.15) is 0 Å². The number of nitrogens with one attached hydrogen (secondary N) is 2. The van der Waals surface area contributed by atoms with Crippen LogP contribution < -0.4 is 10.6 Å². The summed E-state index contributed by atoms with van der Waals surface area (Å²) in [6.07, 6.45) is 4.12. The summed E-state index contributed by atoms with van der Waals surface area (Å²) in [7, 11) is 0. The van der Waals surface area contributed by atoms with E-state index in [1.54, 1.807) is 0 Å². The van der Waals surface area contributed by atoms with E-state index >= 15 is 0 Å². The number of rotatable bonds is 8. The Kier molecular flexibility index (Phi) is 8.06. The highest BCUT2D eigenvalue weighted by molar-refractivity contribution is 5.83. The number of benzene rings is 2. The second kappa shape index (κ2) is 11.6. The first-order valence-corrected chi connectivity index (χ1v) is 11.4. The zero-order valence-electron chi connectivity index (χ0n) is 18.7. The lowest BCUT2D eigenvalue weighted by Crippen LogP contribution is -2.36. The molecule has 6 nitrogen and oxygen atoms in total. The number of aromatic nitrogens is 1. The van der Waals surface area contributed by atoms with Gasteiger partial charge in [0.05, 0.1) is 24.8 Å². The van der Waals surface area contributed by atoms with E-state index in [4.69, 9.17) is 14.5 Å². The summed E-state index contributed by atoms with van der Waals surface area (Å²) in [4.78, 5) is 9.24. The maximum Gasteiger partial charge on any atom is 0.191 e. The summed E-state index contributed by atoms with van der Waals surface area (Å²) in [6, 6.07) is 18.8. The van der Waals surface area contributed by atoms with Crippen LogP contribution in [-0.2, 0) is 29.2 Å². The minimum Gasteiger partial charge on any atom is -0.381 e. The quantitative estimate of drug-likeness (QED) is 0.413. The van der Waals surface area contributed by atoms with Gasteiger partial charge in [0, 0.05) is 37.9 Å². The molecule has 0 unspecified atom stereocenters. The van der Waals surface area contributed by atoms with Crippen LogP contribution in [0.3, 0.4) is 0 Å².